The van der Waals surface area contributed by atoms with Crippen LogP contribution in [0.5, 0.6) is 0 Å². The maximum atomic E-state index is 13.3. The monoisotopic (exact) mass is 477 g/mol. The Kier molecular flexibility index (Phi) is 8.11. The van der Waals surface area contributed by atoms with Gasteiger partial charge in [-0.05, 0) is 61.9 Å². The van der Waals surface area contributed by atoms with E-state index in [1.807, 2.05) is 61.5 Å². The molecule has 1 fully saturated rings. The van der Waals surface area contributed by atoms with Gasteiger partial charge in [0.05, 0.1) is 10.6 Å². The van der Waals surface area contributed by atoms with E-state index >= 15 is 0 Å². The Morgan fingerprint density at radius 3 is 2.53 bits per heavy atom. The number of thioether (sulfide) groups is 1. The largest absolute Gasteiger partial charge is 0.355 e. The Labute approximate surface area is 207 Å². The van der Waals surface area contributed by atoms with Crippen molar-refractivity contribution in [3.63, 3.8) is 0 Å². The van der Waals surface area contributed by atoms with Crippen LogP contribution < -0.4 is 10.2 Å². The number of nitrogens with one attached hydrogen (secondary N) is 1. The minimum Gasteiger partial charge on any atom is -0.355 e. The smallest absolute Gasteiger partial charge is 0.265 e. The zero-order chi connectivity index (χ0) is 24.1. The summed E-state index contributed by atoms with van der Waals surface area (Å²) >= 11 is 1.47. The summed E-state index contributed by atoms with van der Waals surface area (Å²) in [5.74, 6) is 1.23. The number of piperidine rings is 1. The highest BCUT2D eigenvalue weighted by Crippen LogP contribution is 2.41. The predicted octanol–water partition coefficient (Wildman–Crippen LogP) is 4.96. The average Bonchev–Trinajstić information content (AvgIpc) is 2.80. The first-order valence-corrected chi connectivity index (χ1v) is 13.1. The Morgan fingerprint density at radius 1 is 1.09 bits per heavy atom. The number of likely N-dealkylation sites (tertiary alicyclic amines) is 1. The van der Waals surface area contributed by atoms with E-state index in [-0.39, 0.29) is 18.4 Å². The molecule has 4 rings (SSSR count). The number of aryl methyl sites for hydroxylation is 1. The lowest BCUT2D eigenvalue weighted by atomic mass is 9.92. The van der Waals surface area contributed by atoms with Crippen molar-refractivity contribution in [2.75, 3.05) is 37.6 Å². The number of anilines is 1. The lowest BCUT2D eigenvalue weighted by Gasteiger charge is -2.35. The van der Waals surface area contributed by atoms with Gasteiger partial charge < -0.3 is 10.2 Å². The molecule has 0 aliphatic carbocycles. The highest BCUT2D eigenvalue weighted by molar-refractivity contribution is 8.04. The molecular formula is C28H35N3O2S. The van der Waals surface area contributed by atoms with Crippen molar-refractivity contribution >= 4 is 35.3 Å². The van der Waals surface area contributed by atoms with E-state index in [0.717, 1.165) is 54.0 Å². The number of nitrogens with zero attached hydrogens (tertiary/aromatic N) is 2. The van der Waals surface area contributed by atoms with Crippen LogP contribution in [-0.2, 0) is 9.59 Å². The number of hydrogen-bond donors (Lipinski definition) is 1. The van der Waals surface area contributed by atoms with Gasteiger partial charge in [0.2, 0.25) is 5.91 Å². The van der Waals surface area contributed by atoms with Gasteiger partial charge in [0.1, 0.15) is 6.54 Å². The number of carbonyl (C=O) groups is 2. The molecule has 5 nitrogen and oxygen atoms in total. The molecule has 0 saturated carbocycles. The molecule has 1 N–H and O–H groups in total. The highest BCUT2D eigenvalue weighted by Gasteiger charge is 2.30. The van der Waals surface area contributed by atoms with Crippen LogP contribution in [0.3, 0.4) is 0 Å². The van der Waals surface area contributed by atoms with Crippen LogP contribution in [0.4, 0.5) is 5.69 Å². The molecule has 1 saturated heterocycles. The lowest BCUT2D eigenvalue weighted by Crippen LogP contribution is -2.43. The minimum absolute atomic E-state index is 0.0272. The van der Waals surface area contributed by atoms with Gasteiger partial charge in [0, 0.05) is 24.5 Å². The molecule has 2 atom stereocenters. The van der Waals surface area contributed by atoms with Gasteiger partial charge in [-0.15, -0.1) is 0 Å². The van der Waals surface area contributed by atoms with E-state index in [4.69, 9.17) is 0 Å². The predicted molar refractivity (Wildman–Crippen MR) is 141 cm³/mol. The second kappa shape index (κ2) is 11.2. The summed E-state index contributed by atoms with van der Waals surface area (Å²) in [4.78, 5) is 31.9. The molecule has 2 aliphatic heterocycles. The summed E-state index contributed by atoms with van der Waals surface area (Å²) in [7, 11) is 0. The molecule has 34 heavy (non-hydrogen) atoms. The number of rotatable bonds is 7. The lowest BCUT2D eigenvalue weighted by molar-refractivity contribution is -0.122. The van der Waals surface area contributed by atoms with Gasteiger partial charge >= 0.3 is 0 Å². The van der Waals surface area contributed by atoms with Crippen LogP contribution in [0.15, 0.2) is 58.3 Å². The van der Waals surface area contributed by atoms with Crippen LogP contribution in [0, 0.1) is 18.8 Å². The Hall–Kier alpha value is -2.57. The highest BCUT2D eigenvalue weighted by atomic mass is 32.2. The van der Waals surface area contributed by atoms with Gasteiger partial charge in [0.15, 0.2) is 0 Å². The molecule has 0 spiro atoms. The average molecular weight is 478 g/mol. The summed E-state index contributed by atoms with van der Waals surface area (Å²) in [6.07, 6.45) is 4.13. The molecule has 2 heterocycles. The molecule has 0 radical (unpaired) electrons. The fourth-order valence-electron chi connectivity index (χ4n) is 4.94. The Morgan fingerprint density at radius 2 is 1.79 bits per heavy atom. The van der Waals surface area contributed by atoms with Crippen LogP contribution in [0.2, 0.25) is 0 Å². The maximum Gasteiger partial charge on any atom is 0.265 e. The molecule has 0 aromatic heterocycles. The second-order valence-electron chi connectivity index (χ2n) is 9.79. The summed E-state index contributed by atoms with van der Waals surface area (Å²) in [5, 5.41) is 3.03. The molecule has 2 aromatic rings. The van der Waals surface area contributed by atoms with Gasteiger partial charge in [-0.1, -0.05) is 67.6 Å². The summed E-state index contributed by atoms with van der Waals surface area (Å²) in [5.41, 5.74) is 2.95. The number of benzene rings is 2. The first-order valence-electron chi connectivity index (χ1n) is 12.2. The zero-order valence-corrected chi connectivity index (χ0v) is 21.2. The van der Waals surface area contributed by atoms with E-state index in [1.165, 1.54) is 23.7 Å². The maximum absolute atomic E-state index is 13.3. The van der Waals surface area contributed by atoms with E-state index in [1.54, 1.807) is 4.90 Å². The van der Waals surface area contributed by atoms with Crippen molar-refractivity contribution in [3.05, 3.63) is 64.6 Å². The number of amides is 2. The Bertz CT molecular complexity index is 1040. The van der Waals surface area contributed by atoms with E-state index < -0.39 is 0 Å². The summed E-state index contributed by atoms with van der Waals surface area (Å²) in [6.45, 7) is 10.6. The normalized spacial score (nSPS) is 22.0. The Balaban J connectivity index is 1.37. The SMILES string of the molecule is Cc1ccc(/C=C2/Sc3ccccc3N(CC(=O)NCCCN3CC(C)CC(C)C3)C2=O)cc1. The number of carbonyl (C=O) groups excluding carboxylic acids is 2. The summed E-state index contributed by atoms with van der Waals surface area (Å²) in [6, 6.07) is 15.9. The zero-order valence-electron chi connectivity index (χ0n) is 20.4. The van der Waals surface area contributed by atoms with Gasteiger partial charge in [-0.3, -0.25) is 14.5 Å². The number of hydrogen-bond acceptors (Lipinski definition) is 4. The van der Waals surface area contributed by atoms with Crippen molar-refractivity contribution < 1.29 is 9.59 Å². The topological polar surface area (TPSA) is 52.7 Å². The van der Waals surface area contributed by atoms with Crippen LogP contribution in [0.25, 0.3) is 6.08 Å². The summed E-state index contributed by atoms with van der Waals surface area (Å²) < 4.78 is 0. The van der Waals surface area contributed by atoms with Crippen molar-refractivity contribution in [1.82, 2.24) is 10.2 Å². The van der Waals surface area contributed by atoms with Gasteiger partial charge in [-0.25, -0.2) is 0 Å². The number of fused-ring (bicyclic) bond motifs is 1. The van der Waals surface area contributed by atoms with E-state index in [0.29, 0.717) is 11.4 Å². The van der Waals surface area contributed by atoms with Crippen molar-refractivity contribution in [2.45, 2.75) is 38.5 Å². The molecular weight excluding hydrogens is 442 g/mol. The molecule has 6 heteroatoms. The third-order valence-electron chi connectivity index (χ3n) is 6.43. The third-order valence-corrected chi connectivity index (χ3v) is 7.50. The standard InChI is InChI=1S/C28H35N3O2S/c1-20-9-11-23(12-10-20)16-26-28(33)31(24-7-4-5-8-25(24)34-26)19-27(32)29-13-6-14-30-17-21(2)15-22(3)18-30/h4-5,7-12,16,21-22H,6,13-15,17-19H2,1-3H3,(H,29,32)/b26-16+. The second-order valence-corrected chi connectivity index (χ2v) is 10.9. The van der Waals surface area contributed by atoms with Crippen molar-refractivity contribution in [2.24, 2.45) is 11.8 Å². The minimum atomic E-state index is -0.129. The fraction of sp³-hybridized carbons (Fsp3) is 0.429. The van der Waals surface area contributed by atoms with Crippen molar-refractivity contribution in [1.29, 1.82) is 0 Å². The first kappa shape index (κ1) is 24.6. The fourth-order valence-corrected chi connectivity index (χ4v) is 6.00. The van der Waals surface area contributed by atoms with E-state index in [9.17, 15) is 9.59 Å². The quantitative estimate of drug-likeness (QED) is 0.452. The molecule has 2 unspecified atom stereocenters. The van der Waals surface area contributed by atoms with Crippen LogP contribution in [-0.4, -0.2) is 49.4 Å². The first-order chi connectivity index (χ1) is 16.4. The molecule has 2 aliphatic rings. The van der Waals surface area contributed by atoms with Gasteiger partial charge in [0.25, 0.3) is 5.91 Å². The third kappa shape index (κ3) is 6.30. The van der Waals surface area contributed by atoms with Crippen LogP contribution >= 0.6 is 11.8 Å². The molecule has 2 amide bonds. The van der Waals surface area contributed by atoms with Crippen molar-refractivity contribution in [3.8, 4) is 0 Å². The van der Waals surface area contributed by atoms with Gasteiger partial charge in [-0.2, -0.15) is 0 Å². The molecule has 180 valence electrons. The van der Waals surface area contributed by atoms with Crippen LogP contribution in [0.1, 0.15) is 37.8 Å². The molecule has 2 aromatic carbocycles. The molecule has 0 bridgehead atoms. The number of para-hydroxylation sites is 1. The van der Waals surface area contributed by atoms with E-state index in [2.05, 4.69) is 24.1 Å².